The van der Waals surface area contributed by atoms with Gasteiger partial charge in [-0.2, -0.15) is 0 Å². The van der Waals surface area contributed by atoms with Crippen LogP contribution < -0.4 is 0 Å². The molecule has 2 heterocycles. The number of aromatic nitrogens is 4. The molecule has 0 aliphatic heterocycles. The van der Waals surface area contributed by atoms with Crippen LogP contribution in [0.25, 0.3) is 83.6 Å². The molecule has 0 saturated carbocycles. The summed E-state index contributed by atoms with van der Waals surface area (Å²) in [5.74, 6) is -1.40. The molecular formula is C43H28N4. The maximum atomic E-state index is 9.34. The zero-order chi connectivity index (χ0) is 51.2. The van der Waals surface area contributed by atoms with E-state index in [0.717, 1.165) is 4.57 Å². The zero-order valence-corrected chi connectivity index (χ0v) is 23.7. The molecule has 0 N–H and O–H groups in total. The summed E-state index contributed by atoms with van der Waals surface area (Å²) in [6, 6.07) is -10.2. The van der Waals surface area contributed by atoms with Gasteiger partial charge in [-0.25, -0.2) is 15.0 Å². The number of hydrogen-bond acceptors (Lipinski definition) is 3. The molecule has 0 aliphatic carbocycles. The van der Waals surface area contributed by atoms with Crippen molar-refractivity contribution >= 4 is 32.6 Å². The molecule has 0 bridgehead atoms. The first-order valence-corrected chi connectivity index (χ1v) is 13.9. The lowest BCUT2D eigenvalue weighted by Gasteiger charge is -2.11. The van der Waals surface area contributed by atoms with Gasteiger partial charge in [-0.3, -0.25) is 0 Å². The quantitative estimate of drug-likeness (QED) is 0.192. The molecule has 0 saturated heterocycles. The van der Waals surface area contributed by atoms with Crippen molar-refractivity contribution in [2.24, 2.45) is 0 Å². The molecule has 0 unspecified atom stereocenters. The number of fused-ring (bicyclic) bond motifs is 4. The van der Waals surface area contributed by atoms with Gasteiger partial charge in [0, 0.05) is 33.2 Å². The van der Waals surface area contributed by atoms with Crippen LogP contribution in [-0.4, -0.2) is 19.5 Å². The Hall–Kier alpha value is -6.39. The van der Waals surface area contributed by atoms with E-state index >= 15 is 0 Å². The average molecular weight is 624 g/mol. The van der Waals surface area contributed by atoms with Crippen LogP contribution in [0.2, 0.25) is 0 Å². The van der Waals surface area contributed by atoms with Crippen molar-refractivity contribution in [3.05, 3.63) is 169 Å². The fourth-order valence-corrected chi connectivity index (χ4v) is 4.95. The summed E-state index contributed by atoms with van der Waals surface area (Å²) in [5.41, 5.74) is -3.86. The summed E-state index contributed by atoms with van der Waals surface area (Å²) in [5, 5.41) is -1.70. The minimum Gasteiger partial charge on any atom is -0.309 e. The van der Waals surface area contributed by atoms with Gasteiger partial charge in [0.25, 0.3) is 0 Å². The number of nitrogens with zero attached hydrogens (tertiary/aromatic N) is 4. The summed E-state index contributed by atoms with van der Waals surface area (Å²) >= 11 is 0. The van der Waals surface area contributed by atoms with Crippen LogP contribution >= 0.6 is 0 Å². The van der Waals surface area contributed by atoms with Gasteiger partial charge in [-0.1, -0.05) is 127 Å². The van der Waals surface area contributed by atoms with Gasteiger partial charge in [0.1, 0.15) is 0 Å². The van der Waals surface area contributed by atoms with E-state index in [4.69, 9.17) is 23.3 Å². The van der Waals surface area contributed by atoms with E-state index in [1.165, 1.54) is 0 Å². The maximum absolute atomic E-state index is 9.34. The molecule has 0 atom stereocenters. The monoisotopic (exact) mass is 623 g/mol. The summed E-state index contributed by atoms with van der Waals surface area (Å²) in [6.45, 7) is 0. The topological polar surface area (TPSA) is 43.6 Å². The lowest BCUT2D eigenvalue weighted by atomic mass is 10.00. The molecule has 2 aromatic heterocycles. The summed E-state index contributed by atoms with van der Waals surface area (Å²) < 4.78 is 203. The molecule has 0 aliphatic rings. The highest BCUT2D eigenvalue weighted by Gasteiger charge is 2.15. The molecular weight excluding hydrogens is 573 g/mol. The molecule has 4 heteroatoms. The molecule has 4 nitrogen and oxygen atoms in total. The molecule has 9 rings (SSSR count). The average Bonchev–Trinajstić information content (AvgIpc) is 3.69. The lowest BCUT2D eigenvalue weighted by molar-refractivity contribution is 1.07. The predicted octanol–water partition coefficient (Wildman–Crippen LogP) is 10.8. The van der Waals surface area contributed by atoms with Crippen LogP contribution in [0.15, 0.2) is 169 Å². The maximum Gasteiger partial charge on any atom is 0.164 e. The number of hydrogen-bond donors (Lipinski definition) is 0. The van der Waals surface area contributed by atoms with Gasteiger partial charge in [-0.05, 0) is 64.2 Å². The van der Waals surface area contributed by atoms with Crippen LogP contribution in [-0.2, 0) is 0 Å². The first-order valence-electron chi connectivity index (χ1n) is 25.4. The van der Waals surface area contributed by atoms with E-state index in [9.17, 15) is 8.22 Å². The van der Waals surface area contributed by atoms with Crippen molar-refractivity contribution < 1.29 is 31.5 Å². The van der Waals surface area contributed by atoms with Crippen molar-refractivity contribution in [2.45, 2.75) is 0 Å². The second-order valence-electron chi connectivity index (χ2n) is 9.93. The second-order valence-corrected chi connectivity index (χ2v) is 9.93. The summed E-state index contributed by atoms with van der Waals surface area (Å²) in [6.07, 6.45) is 0. The highest BCUT2D eigenvalue weighted by molar-refractivity contribution is 6.09. The molecule has 7 aromatic carbocycles. The first kappa shape index (κ1) is 12.4. The predicted molar refractivity (Wildman–Crippen MR) is 193 cm³/mol. The van der Waals surface area contributed by atoms with Crippen LogP contribution in [0, 0.1) is 0 Å². The Kier molecular flexibility index (Phi) is 2.96. The van der Waals surface area contributed by atoms with Crippen LogP contribution in [0.3, 0.4) is 0 Å². The fraction of sp³-hybridized carbons (Fsp3) is 0. The molecule has 220 valence electrons. The highest BCUT2D eigenvalue weighted by Crippen LogP contribution is 2.33. The SMILES string of the molecule is [2H]c1c([2H])c(-c2c([2H])c([2H])c3c([2H])c([2H])c([2H])c([2H])c3c2[2H])c([2H])c([2H])c1-c1nc(-c2ccccc2)nc(-c2c([2H])c([2H])c(-n3c4c([2H])c([2H])c([2H])c([2H])c4c4c([2H])c([2H])c([2H])c([2H])c43)c([2H])c2[2H])n1. The van der Waals surface area contributed by atoms with Gasteiger partial charge in [0.15, 0.2) is 17.5 Å². The van der Waals surface area contributed by atoms with Crippen molar-refractivity contribution in [2.75, 3.05) is 0 Å². The number of para-hydroxylation sites is 2. The second kappa shape index (κ2) is 11.2. The minimum atomic E-state index is -0.891. The standard InChI is InChI=1S/C43H28N4/c1-2-11-31(12-3-1)41-44-42(32-21-18-30(19-22-32)35-23-20-29-10-4-5-13-34(29)28-35)46-43(45-41)33-24-26-36(27-25-33)47-39-16-8-6-14-37(39)38-15-7-9-17-40(38)47/h1-28H/i4D,5D,6D,7D,8D,9D,10D,13D,14D,15D,16D,17D,18D,19D,20D,21D,22D,23D,24D,25D,26D,27D,28D. The Morgan fingerprint density at radius 2 is 0.894 bits per heavy atom. The van der Waals surface area contributed by atoms with E-state index in [0.29, 0.717) is 0 Å². The molecule has 0 spiro atoms. The van der Waals surface area contributed by atoms with E-state index < -0.39 is 200 Å². The number of rotatable bonds is 5. The largest absolute Gasteiger partial charge is 0.309 e. The highest BCUT2D eigenvalue weighted by atomic mass is 15.0. The fourth-order valence-electron chi connectivity index (χ4n) is 4.95. The molecule has 0 amide bonds. The molecule has 0 fully saturated rings. The first-order chi connectivity index (χ1) is 32.9. The van der Waals surface area contributed by atoms with Crippen molar-refractivity contribution in [3.8, 4) is 51.0 Å². The molecule has 47 heavy (non-hydrogen) atoms. The van der Waals surface area contributed by atoms with E-state index in [1.54, 1.807) is 30.3 Å². The Balaban J connectivity index is 1.33. The van der Waals surface area contributed by atoms with Crippen LogP contribution in [0.4, 0.5) is 0 Å². The summed E-state index contributed by atoms with van der Waals surface area (Å²) in [7, 11) is 0. The third-order valence-corrected chi connectivity index (χ3v) is 7.11. The molecule has 9 aromatic rings. The Morgan fingerprint density at radius 3 is 1.53 bits per heavy atom. The van der Waals surface area contributed by atoms with Gasteiger partial charge < -0.3 is 4.57 Å². The zero-order valence-electron chi connectivity index (χ0n) is 46.7. The van der Waals surface area contributed by atoms with Crippen LogP contribution in [0.1, 0.15) is 31.5 Å². The third-order valence-electron chi connectivity index (χ3n) is 7.11. The Labute approximate surface area is 304 Å². The van der Waals surface area contributed by atoms with Gasteiger partial charge in [0.2, 0.25) is 0 Å². The minimum absolute atomic E-state index is 0.221. The van der Waals surface area contributed by atoms with Gasteiger partial charge >= 0.3 is 0 Å². The lowest BCUT2D eigenvalue weighted by Crippen LogP contribution is -2.00. The van der Waals surface area contributed by atoms with Gasteiger partial charge in [-0.15, -0.1) is 0 Å². The van der Waals surface area contributed by atoms with Gasteiger partial charge in [0.05, 0.1) is 42.6 Å². The Morgan fingerprint density at radius 1 is 0.404 bits per heavy atom. The van der Waals surface area contributed by atoms with Crippen LogP contribution in [0.5, 0.6) is 0 Å². The number of benzene rings is 7. The van der Waals surface area contributed by atoms with Crippen molar-refractivity contribution in [3.63, 3.8) is 0 Å². The van der Waals surface area contributed by atoms with E-state index in [-0.39, 0.29) is 22.2 Å². The van der Waals surface area contributed by atoms with Crippen molar-refractivity contribution in [1.29, 1.82) is 0 Å². The Bertz CT molecular complexity index is 3740. The van der Waals surface area contributed by atoms with E-state index in [2.05, 4.69) is 15.0 Å². The van der Waals surface area contributed by atoms with E-state index in [1.807, 2.05) is 0 Å². The molecule has 0 radical (unpaired) electrons. The van der Waals surface area contributed by atoms with Crippen molar-refractivity contribution in [1.82, 2.24) is 19.5 Å². The third kappa shape index (κ3) is 4.84. The summed E-state index contributed by atoms with van der Waals surface area (Å²) in [4.78, 5) is 13.3. The normalized spacial score (nSPS) is 18.3. The smallest absolute Gasteiger partial charge is 0.164 e.